The normalized spacial score (nSPS) is 10.6. The van der Waals surface area contributed by atoms with Gasteiger partial charge in [-0.1, -0.05) is 24.3 Å². The third kappa shape index (κ3) is 6.10. The van der Waals surface area contributed by atoms with Gasteiger partial charge in [-0.05, 0) is 56.7 Å². The van der Waals surface area contributed by atoms with Gasteiger partial charge in [-0.15, -0.1) is 0 Å². The number of ketones is 1. The molecule has 34 heavy (non-hydrogen) atoms. The van der Waals surface area contributed by atoms with Crippen molar-refractivity contribution in [2.24, 2.45) is 0 Å². The molecule has 3 rings (SSSR count). The summed E-state index contributed by atoms with van der Waals surface area (Å²) in [5.74, 6) is -1.44. The standard InChI is InChI=1S/C26H27FN2O5/c1-4-33-24-8-6-5-7-21(24)26(32)28-14-25(31)34-16-23(30)22-13-17(2)29(18(22)3)15-19-9-11-20(27)12-10-19/h5-13H,4,14-16H2,1-3H3,(H,28,32). The van der Waals surface area contributed by atoms with E-state index in [1.807, 2.05) is 25.3 Å². The van der Waals surface area contributed by atoms with Crippen molar-refractivity contribution in [3.8, 4) is 5.75 Å². The van der Waals surface area contributed by atoms with E-state index in [2.05, 4.69) is 5.32 Å². The number of esters is 1. The Morgan fingerprint density at radius 2 is 1.71 bits per heavy atom. The first-order chi connectivity index (χ1) is 16.3. The number of hydrogen-bond acceptors (Lipinski definition) is 5. The maximum Gasteiger partial charge on any atom is 0.325 e. The van der Waals surface area contributed by atoms with Gasteiger partial charge in [0, 0.05) is 23.5 Å². The first kappa shape index (κ1) is 24.7. The maximum absolute atomic E-state index is 13.2. The zero-order valence-electron chi connectivity index (χ0n) is 19.4. The Kier molecular flexibility index (Phi) is 8.19. The van der Waals surface area contributed by atoms with Crippen LogP contribution in [0, 0.1) is 19.7 Å². The summed E-state index contributed by atoms with van der Waals surface area (Å²) in [6.07, 6.45) is 0. The fraction of sp³-hybridized carbons (Fsp3) is 0.269. The fourth-order valence-corrected chi connectivity index (χ4v) is 3.56. The van der Waals surface area contributed by atoms with Gasteiger partial charge in [-0.25, -0.2) is 4.39 Å². The highest BCUT2D eigenvalue weighted by Crippen LogP contribution is 2.19. The summed E-state index contributed by atoms with van der Waals surface area (Å²) in [4.78, 5) is 37.1. The van der Waals surface area contributed by atoms with Crippen molar-refractivity contribution >= 4 is 17.7 Å². The minimum atomic E-state index is -0.726. The highest BCUT2D eigenvalue weighted by Gasteiger charge is 2.18. The van der Waals surface area contributed by atoms with E-state index in [4.69, 9.17) is 9.47 Å². The predicted molar refractivity (Wildman–Crippen MR) is 125 cm³/mol. The molecule has 0 aliphatic rings. The molecule has 1 amide bonds. The van der Waals surface area contributed by atoms with Gasteiger partial charge < -0.3 is 19.4 Å². The van der Waals surface area contributed by atoms with Crippen LogP contribution in [-0.2, 0) is 16.1 Å². The summed E-state index contributed by atoms with van der Waals surface area (Å²) in [6.45, 7) is 5.56. The van der Waals surface area contributed by atoms with Crippen LogP contribution in [0.25, 0.3) is 0 Å². The average Bonchev–Trinajstić information content (AvgIpc) is 3.11. The van der Waals surface area contributed by atoms with E-state index in [0.717, 1.165) is 17.0 Å². The van der Waals surface area contributed by atoms with Crippen molar-refractivity contribution in [3.63, 3.8) is 0 Å². The topological polar surface area (TPSA) is 86.6 Å². The zero-order chi connectivity index (χ0) is 24.7. The van der Waals surface area contributed by atoms with Gasteiger partial charge in [0.25, 0.3) is 5.91 Å². The minimum Gasteiger partial charge on any atom is -0.493 e. The first-order valence-electron chi connectivity index (χ1n) is 10.9. The number of nitrogens with zero attached hydrogens (tertiary/aromatic N) is 1. The molecule has 178 valence electrons. The molecule has 0 atom stereocenters. The number of amides is 1. The third-order valence-corrected chi connectivity index (χ3v) is 5.32. The minimum absolute atomic E-state index is 0.307. The molecular weight excluding hydrogens is 439 g/mol. The van der Waals surface area contributed by atoms with Crippen molar-refractivity contribution in [1.82, 2.24) is 9.88 Å². The second-order valence-corrected chi connectivity index (χ2v) is 7.69. The summed E-state index contributed by atoms with van der Waals surface area (Å²) in [6, 6.07) is 14.6. The second kappa shape index (κ2) is 11.3. The monoisotopic (exact) mass is 466 g/mol. The Bertz CT molecular complexity index is 1180. The van der Waals surface area contributed by atoms with E-state index in [9.17, 15) is 18.8 Å². The molecule has 3 aromatic rings. The maximum atomic E-state index is 13.2. The number of aryl methyl sites for hydroxylation is 1. The lowest BCUT2D eigenvalue weighted by atomic mass is 10.1. The van der Waals surface area contributed by atoms with E-state index in [1.165, 1.54) is 12.1 Å². The summed E-state index contributed by atoms with van der Waals surface area (Å²) >= 11 is 0. The van der Waals surface area contributed by atoms with Gasteiger partial charge in [-0.2, -0.15) is 0 Å². The molecule has 8 heteroatoms. The molecule has 0 aliphatic carbocycles. The quantitative estimate of drug-likeness (QED) is 0.362. The number of ether oxygens (including phenoxy) is 2. The number of nitrogens with one attached hydrogen (secondary N) is 1. The van der Waals surface area contributed by atoms with Crippen molar-refractivity contribution in [2.75, 3.05) is 19.8 Å². The van der Waals surface area contributed by atoms with Crippen LogP contribution < -0.4 is 10.1 Å². The van der Waals surface area contributed by atoms with Crippen LogP contribution in [0.4, 0.5) is 4.39 Å². The number of halogens is 1. The molecule has 7 nitrogen and oxygen atoms in total. The Morgan fingerprint density at radius 3 is 2.41 bits per heavy atom. The Morgan fingerprint density at radius 1 is 1.00 bits per heavy atom. The van der Waals surface area contributed by atoms with E-state index < -0.39 is 18.5 Å². The summed E-state index contributed by atoms with van der Waals surface area (Å²) in [5, 5.41) is 2.48. The molecule has 0 saturated carbocycles. The Balaban J connectivity index is 1.55. The smallest absolute Gasteiger partial charge is 0.325 e. The number of benzene rings is 2. The molecule has 1 aromatic heterocycles. The SMILES string of the molecule is CCOc1ccccc1C(=O)NCC(=O)OCC(=O)c1cc(C)n(Cc2ccc(F)cc2)c1C. The molecule has 1 heterocycles. The lowest BCUT2D eigenvalue weighted by Crippen LogP contribution is -2.31. The molecule has 0 spiro atoms. The van der Waals surface area contributed by atoms with Crippen LogP contribution in [0.5, 0.6) is 5.75 Å². The largest absolute Gasteiger partial charge is 0.493 e. The van der Waals surface area contributed by atoms with Crippen LogP contribution in [0.2, 0.25) is 0 Å². The molecule has 0 saturated heterocycles. The molecule has 0 fully saturated rings. The lowest BCUT2D eigenvalue weighted by Gasteiger charge is -2.11. The van der Waals surface area contributed by atoms with E-state index in [-0.39, 0.29) is 18.1 Å². The van der Waals surface area contributed by atoms with Crippen molar-refractivity contribution in [3.05, 3.63) is 88.5 Å². The molecule has 0 aliphatic heterocycles. The first-order valence-corrected chi connectivity index (χ1v) is 10.9. The predicted octanol–water partition coefficient (Wildman–Crippen LogP) is 3.85. The summed E-state index contributed by atoms with van der Waals surface area (Å²) in [7, 11) is 0. The van der Waals surface area contributed by atoms with Gasteiger partial charge >= 0.3 is 5.97 Å². The van der Waals surface area contributed by atoms with Gasteiger partial charge in [0.2, 0.25) is 5.78 Å². The van der Waals surface area contributed by atoms with Crippen molar-refractivity contribution in [2.45, 2.75) is 27.3 Å². The number of para-hydroxylation sites is 1. The van der Waals surface area contributed by atoms with E-state index >= 15 is 0 Å². The Labute approximate surface area is 197 Å². The van der Waals surface area contributed by atoms with Crippen molar-refractivity contribution < 1.29 is 28.2 Å². The second-order valence-electron chi connectivity index (χ2n) is 7.69. The van der Waals surface area contributed by atoms with Crippen LogP contribution in [-0.4, -0.2) is 42.0 Å². The molecular formula is C26H27FN2O5. The van der Waals surface area contributed by atoms with Gasteiger partial charge in [0.05, 0.1) is 12.2 Å². The number of carbonyl (C=O) groups excluding carboxylic acids is 3. The average molecular weight is 467 g/mol. The highest BCUT2D eigenvalue weighted by atomic mass is 19.1. The van der Waals surface area contributed by atoms with Crippen LogP contribution in [0.15, 0.2) is 54.6 Å². The lowest BCUT2D eigenvalue weighted by molar-refractivity contribution is -0.141. The van der Waals surface area contributed by atoms with E-state index in [0.29, 0.717) is 30.0 Å². The molecule has 1 N–H and O–H groups in total. The van der Waals surface area contributed by atoms with Gasteiger partial charge in [0.15, 0.2) is 6.61 Å². The van der Waals surface area contributed by atoms with Crippen LogP contribution in [0.1, 0.15) is 44.6 Å². The highest BCUT2D eigenvalue weighted by molar-refractivity contribution is 6.00. The number of aromatic nitrogens is 1. The number of carbonyl (C=O) groups is 3. The third-order valence-electron chi connectivity index (χ3n) is 5.32. The summed E-state index contributed by atoms with van der Waals surface area (Å²) in [5.41, 5.74) is 3.24. The van der Waals surface area contributed by atoms with Gasteiger partial charge in [-0.3, -0.25) is 14.4 Å². The Hall–Kier alpha value is -3.94. The van der Waals surface area contributed by atoms with Crippen LogP contribution >= 0.6 is 0 Å². The molecule has 0 radical (unpaired) electrons. The molecule has 0 bridgehead atoms. The zero-order valence-corrected chi connectivity index (χ0v) is 19.4. The number of Topliss-reactive ketones (excluding diaryl/α,β-unsaturated/α-hetero) is 1. The number of hydrogen-bond donors (Lipinski definition) is 1. The van der Waals surface area contributed by atoms with E-state index in [1.54, 1.807) is 42.5 Å². The number of rotatable bonds is 10. The summed E-state index contributed by atoms with van der Waals surface area (Å²) < 4.78 is 25.6. The fourth-order valence-electron chi connectivity index (χ4n) is 3.56. The molecule has 2 aromatic carbocycles. The molecule has 0 unspecified atom stereocenters. The van der Waals surface area contributed by atoms with Crippen molar-refractivity contribution in [1.29, 1.82) is 0 Å². The van der Waals surface area contributed by atoms with Crippen LogP contribution in [0.3, 0.4) is 0 Å². The van der Waals surface area contributed by atoms with Gasteiger partial charge in [0.1, 0.15) is 18.1 Å².